The molecule has 0 saturated carbocycles. The number of rotatable bonds is 5. The lowest BCUT2D eigenvalue weighted by Crippen LogP contribution is -2.22. The molecule has 0 atom stereocenters. The molecule has 0 unspecified atom stereocenters. The maximum absolute atomic E-state index is 12.4. The molecule has 2 rings (SSSR count). The van der Waals surface area contributed by atoms with E-state index in [-0.39, 0.29) is 11.6 Å². The maximum atomic E-state index is 12.4. The molecule has 0 radical (unpaired) electrons. The lowest BCUT2D eigenvalue weighted by Gasteiger charge is -2.11. The van der Waals surface area contributed by atoms with Crippen molar-refractivity contribution in [2.24, 2.45) is 0 Å². The van der Waals surface area contributed by atoms with Gasteiger partial charge < -0.3 is 4.90 Å². The average Bonchev–Trinajstić information content (AvgIpc) is 2.77. The minimum Gasteiger partial charge on any atom is -0.308 e. The summed E-state index contributed by atoms with van der Waals surface area (Å²) in [6.45, 7) is 3.20. The first-order valence-corrected chi connectivity index (χ1v) is 6.56. The second-order valence-corrected chi connectivity index (χ2v) is 5.19. The third-order valence-corrected chi connectivity index (χ3v) is 3.03. The Morgan fingerprint density at radius 3 is 2.55 bits per heavy atom. The van der Waals surface area contributed by atoms with Gasteiger partial charge in [0.05, 0.1) is 17.8 Å². The van der Waals surface area contributed by atoms with Gasteiger partial charge in [-0.05, 0) is 26.6 Å². The predicted molar refractivity (Wildman–Crippen MR) is 76.0 cm³/mol. The Labute approximate surface area is 122 Å². The summed E-state index contributed by atoms with van der Waals surface area (Å²) in [4.78, 5) is 22.5. The molecule has 0 bridgehead atoms. The summed E-state index contributed by atoms with van der Waals surface area (Å²) >= 11 is 6.06. The molecule has 0 aliphatic rings. The van der Waals surface area contributed by atoms with E-state index in [1.807, 2.05) is 25.9 Å². The van der Waals surface area contributed by atoms with Crippen LogP contribution in [0.25, 0.3) is 0 Å². The van der Waals surface area contributed by atoms with Gasteiger partial charge >= 0.3 is 0 Å². The van der Waals surface area contributed by atoms with E-state index >= 15 is 0 Å². The highest BCUT2D eigenvalue weighted by Crippen LogP contribution is 2.17. The zero-order valence-electron chi connectivity index (χ0n) is 11.7. The summed E-state index contributed by atoms with van der Waals surface area (Å²) in [6, 6.07) is 0. The van der Waals surface area contributed by atoms with E-state index in [0.717, 1.165) is 12.1 Å². The molecule has 20 heavy (non-hydrogen) atoms. The molecule has 2 aromatic heterocycles. The Balaban J connectivity index is 2.29. The quantitative estimate of drug-likeness (QED) is 0.780. The zero-order chi connectivity index (χ0) is 14.7. The van der Waals surface area contributed by atoms with Crippen LogP contribution in [0.15, 0.2) is 18.6 Å². The molecule has 0 aliphatic carbocycles. The van der Waals surface area contributed by atoms with Gasteiger partial charge in [-0.25, -0.2) is 9.97 Å². The highest BCUT2D eigenvalue weighted by Gasteiger charge is 2.21. The Morgan fingerprint density at radius 1 is 1.30 bits per heavy atom. The number of hydrogen-bond donors (Lipinski definition) is 0. The molecule has 0 aromatic carbocycles. The van der Waals surface area contributed by atoms with Gasteiger partial charge in [0.2, 0.25) is 11.6 Å². The van der Waals surface area contributed by atoms with Crippen LogP contribution in [-0.4, -0.2) is 51.1 Å². The van der Waals surface area contributed by atoms with Gasteiger partial charge in [0.15, 0.2) is 0 Å². The van der Waals surface area contributed by atoms with Gasteiger partial charge in [-0.1, -0.05) is 11.6 Å². The van der Waals surface area contributed by atoms with Crippen molar-refractivity contribution in [3.05, 3.63) is 40.7 Å². The van der Waals surface area contributed by atoms with Crippen molar-refractivity contribution in [3.63, 3.8) is 0 Å². The number of hydrogen-bond acceptors (Lipinski definition) is 5. The average molecular weight is 294 g/mol. The lowest BCUT2D eigenvalue weighted by molar-refractivity contribution is 0.101. The minimum atomic E-state index is -0.314. The normalized spacial score (nSPS) is 11.1. The van der Waals surface area contributed by atoms with Crippen LogP contribution in [0.3, 0.4) is 0 Å². The van der Waals surface area contributed by atoms with Crippen molar-refractivity contribution >= 4 is 17.4 Å². The Bertz CT molecular complexity index is 606. The molecule has 7 heteroatoms. The largest absolute Gasteiger partial charge is 0.308 e. The summed E-state index contributed by atoms with van der Waals surface area (Å²) < 4.78 is 1.59. The number of nitrogens with zero attached hydrogens (tertiary/aromatic N) is 5. The van der Waals surface area contributed by atoms with E-state index in [2.05, 4.69) is 15.1 Å². The fraction of sp³-hybridized carbons (Fsp3) is 0.385. The number of carbonyl (C=O) groups is 1. The van der Waals surface area contributed by atoms with Crippen molar-refractivity contribution in [1.29, 1.82) is 0 Å². The summed E-state index contributed by atoms with van der Waals surface area (Å²) in [6.07, 6.45) is 4.68. The van der Waals surface area contributed by atoms with Crippen LogP contribution in [-0.2, 0) is 6.54 Å². The first-order chi connectivity index (χ1) is 9.49. The zero-order valence-corrected chi connectivity index (χ0v) is 12.4. The summed E-state index contributed by atoms with van der Waals surface area (Å²) in [5.74, 6) is -0.185. The molecule has 0 spiro atoms. The number of likely N-dealkylation sites (N-methyl/N-ethyl adjacent to an activating group) is 1. The molecule has 0 fully saturated rings. The van der Waals surface area contributed by atoms with Crippen molar-refractivity contribution in [1.82, 2.24) is 24.6 Å². The second kappa shape index (κ2) is 6.11. The monoisotopic (exact) mass is 293 g/mol. The van der Waals surface area contributed by atoms with Gasteiger partial charge in [0.1, 0.15) is 5.69 Å². The van der Waals surface area contributed by atoms with Crippen LogP contribution in [0.4, 0.5) is 0 Å². The maximum Gasteiger partial charge on any atom is 0.249 e. The van der Waals surface area contributed by atoms with Gasteiger partial charge in [-0.2, -0.15) is 5.10 Å². The first kappa shape index (κ1) is 14.6. The molecule has 2 aromatic rings. The molecule has 0 amide bonds. The van der Waals surface area contributed by atoms with E-state index in [0.29, 0.717) is 17.3 Å². The van der Waals surface area contributed by atoms with Crippen LogP contribution in [0.1, 0.15) is 21.9 Å². The summed E-state index contributed by atoms with van der Waals surface area (Å²) in [5, 5.41) is 4.45. The third-order valence-electron chi connectivity index (χ3n) is 2.75. The fourth-order valence-electron chi connectivity index (χ4n) is 1.67. The second-order valence-electron chi connectivity index (χ2n) is 4.78. The van der Waals surface area contributed by atoms with Crippen LogP contribution in [0, 0.1) is 6.92 Å². The molecule has 6 nitrogen and oxygen atoms in total. The number of carbonyl (C=O) groups excluding carboxylic acids is 1. The van der Waals surface area contributed by atoms with Crippen molar-refractivity contribution < 1.29 is 4.79 Å². The first-order valence-electron chi connectivity index (χ1n) is 6.18. The highest BCUT2D eigenvalue weighted by molar-refractivity contribution is 6.34. The number of aromatic nitrogens is 4. The molecular formula is C13H16ClN5O. The fourth-order valence-corrected chi connectivity index (χ4v) is 1.90. The molecule has 0 aliphatic heterocycles. The number of halogens is 1. The van der Waals surface area contributed by atoms with Gasteiger partial charge in [-0.3, -0.25) is 9.48 Å². The summed E-state index contributed by atoms with van der Waals surface area (Å²) in [5.41, 5.74) is 1.23. The number of ketones is 1. The smallest absolute Gasteiger partial charge is 0.249 e. The lowest BCUT2D eigenvalue weighted by atomic mass is 10.2. The van der Waals surface area contributed by atoms with Gasteiger partial charge in [0, 0.05) is 18.9 Å². The van der Waals surface area contributed by atoms with Gasteiger partial charge in [-0.15, -0.1) is 0 Å². The van der Waals surface area contributed by atoms with Crippen molar-refractivity contribution in [3.8, 4) is 0 Å². The Hall–Kier alpha value is -1.79. The van der Waals surface area contributed by atoms with Crippen molar-refractivity contribution in [2.45, 2.75) is 13.5 Å². The standard InChI is InChI=1S/C13H16ClN5O/c1-9-6-15-13(16-7-9)12(20)11-10(14)8-17-19(11)5-4-18(2)3/h6-8H,4-5H2,1-3H3. The van der Waals surface area contributed by atoms with E-state index < -0.39 is 0 Å². The molecule has 0 N–H and O–H groups in total. The Kier molecular flexibility index (Phi) is 4.46. The third kappa shape index (κ3) is 3.20. The van der Waals surface area contributed by atoms with E-state index in [4.69, 9.17) is 11.6 Å². The van der Waals surface area contributed by atoms with E-state index in [9.17, 15) is 4.79 Å². The summed E-state index contributed by atoms with van der Waals surface area (Å²) in [7, 11) is 3.91. The predicted octanol–water partition coefficient (Wildman–Crippen LogP) is 1.43. The molecule has 0 saturated heterocycles. The van der Waals surface area contributed by atoms with Crippen LogP contribution in [0.2, 0.25) is 5.02 Å². The van der Waals surface area contributed by atoms with Gasteiger partial charge in [0.25, 0.3) is 0 Å². The van der Waals surface area contributed by atoms with E-state index in [1.54, 1.807) is 17.1 Å². The highest BCUT2D eigenvalue weighted by atomic mass is 35.5. The SMILES string of the molecule is Cc1cnc(C(=O)c2c(Cl)cnn2CCN(C)C)nc1. The number of aryl methyl sites for hydroxylation is 1. The molecule has 2 heterocycles. The molecular weight excluding hydrogens is 278 g/mol. The van der Waals surface area contributed by atoms with Crippen molar-refractivity contribution in [2.75, 3.05) is 20.6 Å². The van der Waals surface area contributed by atoms with E-state index in [1.165, 1.54) is 6.20 Å². The minimum absolute atomic E-state index is 0.129. The van der Waals surface area contributed by atoms with Crippen LogP contribution < -0.4 is 0 Å². The topological polar surface area (TPSA) is 63.9 Å². The van der Waals surface area contributed by atoms with Crippen LogP contribution in [0.5, 0.6) is 0 Å². The van der Waals surface area contributed by atoms with Crippen LogP contribution >= 0.6 is 11.6 Å². The molecule has 106 valence electrons. The Morgan fingerprint density at radius 2 is 1.95 bits per heavy atom.